The van der Waals surface area contributed by atoms with E-state index in [1.165, 1.54) is 9.80 Å². The van der Waals surface area contributed by atoms with Crippen LogP contribution in [0.5, 0.6) is 0 Å². The van der Waals surface area contributed by atoms with E-state index in [1.807, 2.05) is 0 Å². The molecule has 0 aliphatic heterocycles. The summed E-state index contributed by atoms with van der Waals surface area (Å²) >= 11 is 0. The van der Waals surface area contributed by atoms with Gasteiger partial charge in [-0.25, -0.2) is 0 Å². The fraction of sp³-hybridized carbons (Fsp3) is 0.400. The molecule has 0 radical (unpaired) electrons. The van der Waals surface area contributed by atoms with E-state index in [1.54, 1.807) is 0 Å². The Morgan fingerprint density at radius 2 is 0.839 bits per heavy atom. The van der Waals surface area contributed by atoms with Gasteiger partial charge in [0.25, 0.3) is 0 Å². The lowest BCUT2D eigenvalue weighted by Gasteiger charge is -2.28. The highest BCUT2D eigenvalue weighted by molar-refractivity contribution is 5.88. The fourth-order valence-electron chi connectivity index (χ4n) is 2.24. The van der Waals surface area contributed by atoms with Gasteiger partial charge in [-0.1, -0.05) is 26.3 Å². The van der Waals surface area contributed by atoms with E-state index >= 15 is 0 Å². The van der Waals surface area contributed by atoms with Crippen LogP contribution >= 0.6 is 0 Å². The molecule has 11 heteroatoms. The molecule has 0 heterocycles. The van der Waals surface area contributed by atoms with Crippen LogP contribution in [0.3, 0.4) is 0 Å². The van der Waals surface area contributed by atoms with E-state index in [0.29, 0.717) is 0 Å². The molecule has 2 N–H and O–H groups in total. The van der Waals surface area contributed by atoms with Crippen LogP contribution in [0.4, 0.5) is 0 Å². The Labute approximate surface area is 181 Å². The van der Waals surface area contributed by atoms with Gasteiger partial charge in [-0.3, -0.25) is 19.2 Å². The summed E-state index contributed by atoms with van der Waals surface area (Å²) in [6.07, 6.45) is 4.21. The van der Waals surface area contributed by atoms with Crippen LogP contribution in [0.25, 0.3) is 0 Å². The first-order chi connectivity index (χ1) is 14.8. The van der Waals surface area contributed by atoms with Crippen LogP contribution in [-0.4, -0.2) is 107 Å². The van der Waals surface area contributed by atoms with Gasteiger partial charge in [0.1, 0.15) is 26.9 Å². The minimum absolute atomic E-state index is 0.0225. The monoisotopic (exact) mass is 438 g/mol. The SMILES string of the molecule is C=CC(=O)N(CO)CCN(COCN(CCN(CO)C(=O)C=C)C(=O)C=C)C(=O)C=C. The average Bonchev–Trinajstić information content (AvgIpc) is 2.80. The molecule has 0 atom stereocenters. The standard InChI is InChI=1S/C20H30N4O7/c1-5-17(27)21(13-25)9-11-23(19(29)7-3)15-31-16-24(20(30)8-4)12-10-22(14-26)18(28)6-2/h5-8,25-26H,1-4,9-16H2. The minimum atomic E-state index is -0.547. The molecule has 0 aromatic heterocycles. The zero-order valence-electron chi connectivity index (χ0n) is 17.5. The lowest BCUT2D eigenvalue weighted by Crippen LogP contribution is -2.44. The van der Waals surface area contributed by atoms with E-state index in [4.69, 9.17) is 4.74 Å². The second kappa shape index (κ2) is 15.5. The molecular weight excluding hydrogens is 408 g/mol. The lowest BCUT2D eigenvalue weighted by atomic mass is 10.4. The van der Waals surface area contributed by atoms with Crippen molar-refractivity contribution in [2.24, 2.45) is 0 Å². The zero-order valence-corrected chi connectivity index (χ0v) is 17.5. The summed E-state index contributed by atoms with van der Waals surface area (Å²) in [5.41, 5.74) is 0. The van der Waals surface area contributed by atoms with Gasteiger partial charge in [-0.2, -0.15) is 0 Å². The first-order valence-electron chi connectivity index (χ1n) is 9.24. The second-order valence-electron chi connectivity index (χ2n) is 5.97. The molecule has 11 nitrogen and oxygen atoms in total. The van der Waals surface area contributed by atoms with E-state index in [2.05, 4.69) is 26.3 Å². The minimum Gasteiger partial charge on any atom is -0.376 e. The summed E-state index contributed by atoms with van der Waals surface area (Å²) in [6, 6.07) is 0. The van der Waals surface area contributed by atoms with Crippen molar-refractivity contribution in [1.29, 1.82) is 0 Å². The van der Waals surface area contributed by atoms with Crippen molar-refractivity contribution >= 4 is 23.6 Å². The number of hydrogen-bond acceptors (Lipinski definition) is 7. The maximum Gasteiger partial charge on any atom is 0.247 e. The molecule has 0 aromatic rings. The maximum absolute atomic E-state index is 12.0. The number of carbonyl (C=O) groups is 4. The molecule has 0 aromatic carbocycles. The smallest absolute Gasteiger partial charge is 0.247 e. The first kappa shape index (κ1) is 27.7. The third kappa shape index (κ3) is 9.85. The Hall–Kier alpha value is -3.28. The largest absolute Gasteiger partial charge is 0.376 e. The van der Waals surface area contributed by atoms with Crippen LogP contribution in [0.2, 0.25) is 0 Å². The number of aliphatic hydroxyl groups excluding tert-OH is 2. The van der Waals surface area contributed by atoms with Crippen molar-refractivity contribution in [3.63, 3.8) is 0 Å². The van der Waals surface area contributed by atoms with E-state index in [9.17, 15) is 29.4 Å². The number of rotatable bonds is 16. The molecule has 0 spiro atoms. The number of carbonyl (C=O) groups excluding carboxylic acids is 4. The number of hydrogen-bond donors (Lipinski definition) is 2. The quantitative estimate of drug-likeness (QED) is 0.230. The predicted molar refractivity (Wildman–Crippen MR) is 113 cm³/mol. The van der Waals surface area contributed by atoms with Gasteiger partial charge in [-0.05, 0) is 24.3 Å². The van der Waals surface area contributed by atoms with Crippen molar-refractivity contribution < 1.29 is 34.1 Å². The number of aliphatic hydroxyl groups is 2. The molecule has 31 heavy (non-hydrogen) atoms. The maximum atomic E-state index is 12.0. The van der Waals surface area contributed by atoms with Crippen molar-refractivity contribution in [2.45, 2.75) is 0 Å². The van der Waals surface area contributed by atoms with Crippen LogP contribution in [0.1, 0.15) is 0 Å². The van der Waals surface area contributed by atoms with Crippen LogP contribution < -0.4 is 0 Å². The van der Waals surface area contributed by atoms with Gasteiger partial charge in [0.2, 0.25) is 23.6 Å². The molecule has 172 valence electrons. The summed E-state index contributed by atoms with van der Waals surface area (Å²) in [5, 5.41) is 18.5. The van der Waals surface area contributed by atoms with Gasteiger partial charge in [0, 0.05) is 26.2 Å². The van der Waals surface area contributed by atoms with Crippen LogP contribution in [-0.2, 0) is 23.9 Å². The van der Waals surface area contributed by atoms with Gasteiger partial charge in [0.15, 0.2) is 0 Å². The number of ether oxygens (including phenoxy) is 1. The van der Waals surface area contributed by atoms with Crippen LogP contribution in [0.15, 0.2) is 50.6 Å². The highest BCUT2D eigenvalue weighted by Crippen LogP contribution is 2.00. The summed E-state index contributed by atoms with van der Waals surface area (Å²) in [4.78, 5) is 51.9. The second-order valence-corrected chi connectivity index (χ2v) is 5.97. The van der Waals surface area contributed by atoms with Gasteiger partial charge < -0.3 is 34.5 Å². The van der Waals surface area contributed by atoms with Gasteiger partial charge >= 0.3 is 0 Å². The molecule has 0 aliphatic rings. The third-order valence-electron chi connectivity index (χ3n) is 4.06. The van der Waals surface area contributed by atoms with E-state index in [-0.39, 0.29) is 39.6 Å². The molecule has 0 unspecified atom stereocenters. The first-order valence-corrected chi connectivity index (χ1v) is 9.24. The normalized spacial score (nSPS) is 9.87. The van der Waals surface area contributed by atoms with Crippen molar-refractivity contribution in [1.82, 2.24) is 19.6 Å². The van der Waals surface area contributed by atoms with Crippen molar-refractivity contribution in [3.8, 4) is 0 Å². The topological polar surface area (TPSA) is 131 Å². The molecule has 0 aliphatic carbocycles. The average molecular weight is 438 g/mol. The molecule has 0 saturated carbocycles. The predicted octanol–water partition coefficient (Wildman–Crippen LogP) is -1.12. The van der Waals surface area contributed by atoms with Crippen molar-refractivity contribution in [2.75, 3.05) is 53.1 Å². The van der Waals surface area contributed by atoms with Crippen LogP contribution in [0, 0.1) is 0 Å². The van der Waals surface area contributed by atoms with Gasteiger partial charge in [0.05, 0.1) is 0 Å². The summed E-state index contributed by atoms with van der Waals surface area (Å²) < 4.78 is 5.45. The molecule has 0 bridgehead atoms. The summed E-state index contributed by atoms with van der Waals surface area (Å²) in [5.74, 6) is -1.96. The highest BCUT2D eigenvalue weighted by Gasteiger charge is 2.18. The Morgan fingerprint density at radius 1 is 0.581 bits per heavy atom. The number of amides is 4. The molecule has 0 rings (SSSR count). The Bertz CT molecular complexity index is 624. The third-order valence-corrected chi connectivity index (χ3v) is 4.06. The molecule has 0 fully saturated rings. The molecule has 4 amide bonds. The highest BCUT2D eigenvalue weighted by atomic mass is 16.5. The lowest BCUT2D eigenvalue weighted by molar-refractivity contribution is -0.142. The molecular formula is C20H30N4O7. The zero-order chi connectivity index (χ0) is 23.8. The van der Waals surface area contributed by atoms with E-state index < -0.39 is 37.1 Å². The Balaban J connectivity index is 4.95. The Kier molecular flexibility index (Phi) is 13.9. The Morgan fingerprint density at radius 3 is 1.10 bits per heavy atom. The number of nitrogens with zero attached hydrogens (tertiary/aromatic N) is 4. The summed E-state index contributed by atoms with van der Waals surface area (Å²) in [7, 11) is 0. The summed E-state index contributed by atoms with van der Waals surface area (Å²) in [6.45, 7) is 12.0. The fourth-order valence-corrected chi connectivity index (χ4v) is 2.24. The van der Waals surface area contributed by atoms with E-state index in [0.717, 1.165) is 34.1 Å². The van der Waals surface area contributed by atoms with Gasteiger partial charge in [-0.15, -0.1) is 0 Å². The van der Waals surface area contributed by atoms with Crippen molar-refractivity contribution in [3.05, 3.63) is 50.6 Å². The molecule has 0 saturated heterocycles.